The number of carbonyl (C=O) groups excluding carboxylic acids is 1. The van der Waals surface area contributed by atoms with Crippen molar-refractivity contribution in [3.63, 3.8) is 0 Å². The van der Waals surface area contributed by atoms with Crippen LogP contribution in [0, 0.1) is 0 Å². The molecular weight excluding hydrogens is 306 g/mol. The Bertz CT molecular complexity index is 685. The molecule has 1 amide bonds. The van der Waals surface area contributed by atoms with Crippen molar-refractivity contribution >= 4 is 23.4 Å². The van der Waals surface area contributed by atoms with Crippen molar-refractivity contribution in [2.75, 3.05) is 5.75 Å². The molecule has 0 aliphatic carbocycles. The Labute approximate surface area is 141 Å². The summed E-state index contributed by atoms with van der Waals surface area (Å²) in [5.41, 5.74) is 1.73. The van der Waals surface area contributed by atoms with Crippen molar-refractivity contribution < 1.29 is 9.53 Å². The highest BCUT2D eigenvalue weighted by atomic mass is 32.2. The smallest absolute Gasteiger partial charge is 0.254 e. The monoisotopic (exact) mass is 325 g/mol. The molecule has 1 heterocycles. The number of nitrogens with zero attached hydrogens (tertiary/aromatic N) is 1. The zero-order valence-electron chi connectivity index (χ0n) is 13.0. The molecule has 4 heteroatoms. The van der Waals surface area contributed by atoms with Gasteiger partial charge in [-0.2, -0.15) is 0 Å². The minimum Gasteiger partial charge on any atom is -0.460 e. The van der Waals surface area contributed by atoms with Gasteiger partial charge in [-0.1, -0.05) is 79.3 Å². The van der Waals surface area contributed by atoms with Crippen LogP contribution in [-0.2, 0) is 16.1 Å². The van der Waals surface area contributed by atoms with Crippen molar-refractivity contribution in [3.05, 3.63) is 77.9 Å². The molecule has 2 aromatic rings. The van der Waals surface area contributed by atoms with Crippen LogP contribution in [-0.4, -0.2) is 22.1 Å². The molecule has 0 saturated heterocycles. The van der Waals surface area contributed by atoms with Gasteiger partial charge in [0.2, 0.25) is 5.56 Å². The normalized spacial score (nSPS) is 17.6. The summed E-state index contributed by atoms with van der Waals surface area (Å²) in [7, 11) is 0. The Balaban J connectivity index is 1.85. The molecule has 3 rings (SSSR count). The highest BCUT2D eigenvalue weighted by Crippen LogP contribution is 2.30. The van der Waals surface area contributed by atoms with E-state index in [9.17, 15) is 4.79 Å². The van der Waals surface area contributed by atoms with Gasteiger partial charge in [0.15, 0.2) is 0 Å². The predicted molar refractivity (Wildman–Crippen MR) is 94.4 cm³/mol. The standard InChI is InChI=1S/C19H19NO2S/c1-2-23-19-20(14-15-9-5-3-6-10-15)18(21)13-17(22-19)16-11-7-4-8-12-16/h3-13,19H,2,14H2,1H3. The van der Waals surface area contributed by atoms with E-state index in [1.54, 1.807) is 22.7 Å². The van der Waals surface area contributed by atoms with Crippen LogP contribution in [0.5, 0.6) is 0 Å². The van der Waals surface area contributed by atoms with Gasteiger partial charge in [-0.25, -0.2) is 0 Å². The van der Waals surface area contributed by atoms with Gasteiger partial charge in [-0.3, -0.25) is 9.69 Å². The van der Waals surface area contributed by atoms with Gasteiger partial charge < -0.3 is 4.74 Å². The number of ether oxygens (including phenoxy) is 1. The molecule has 0 spiro atoms. The van der Waals surface area contributed by atoms with Gasteiger partial charge in [0, 0.05) is 11.6 Å². The minimum absolute atomic E-state index is 0.00935. The molecular formula is C19H19NO2S. The first-order valence-corrected chi connectivity index (χ1v) is 8.72. The number of benzene rings is 2. The first-order chi connectivity index (χ1) is 11.3. The molecule has 1 aliphatic heterocycles. The van der Waals surface area contributed by atoms with Gasteiger partial charge in [-0.05, 0) is 11.3 Å². The quantitative estimate of drug-likeness (QED) is 0.828. The summed E-state index contributed by atoms with van der Waals surface area (Å²) < 4.78 is 6.10. The average Bonchev–Trinajstić information content (AvgIpc) is 2.59. The van der Waals surface area contributed by atoms with Crippen LogP contribution < -0.4 is 0 Å². The van der Waals surface area contributed by atoms with Crippen molar-refractivity contribution in [1.82, 2.24) is 4.90 Å². The Morgan fingerprint density at radius 1 is 1.04 bits per heavy atom. The zero-order chi connectivity index (χ0) is 16.1. The van der Waals surface area contributed by atoms with E-state index < -0.39 is 0 Å². The topological polar surface area (TPSA) is 29.5 Å². The number of carbonyl (C=O) groups is 1. The van der Waals surface area contributed by atoms with E-state index in [1.165, 1.54) is 0 Å². The molecule has 0 bridgehead atoms. The molecule has 0 saturated carbocycles. The lowest BCUT2D eigenvalue weighted by molar-refractivity contribution is -0.133. The summed E-state index contributed by atoms with van der Waals surface area (Å²) in [5, 5.41) is 0. The Morgan fingerprint density at radius 2 is 1.70 bits per heavy atom. The lowest BCUT2D eigenvalue weighted by Gasteiger charge is -2.35. The van der Waals surface area contributed by atoms with Crippen molar-refractivity contribution in [1.29, 1.82) is 0 Å². The summed E-state index contributed by atoms with van der Waals surface area (Å²) in [5.74, 6) is 1.52. The number of rotatable bonds is 5. The Hall–Kier alpha value is -2.20. The van der Waals surface area contributed by atoms with Crippen LogP contribution in [0.15, 0.2) is 66.7 Å². The first-order valence-electron chi connectivity index (χ1n) is 7.68. The molecule has 1 unspecified atom stereocenters. The highest BCUT2D eigenvalue weighted by molar-refractivity contribution is 7.99. The maximum Gasteiger partial charge on any atom is 0.254 e. The van der Waals surface area contributed by atoms with Crippen LogP contribution >= 0.6 is 11.8 Å². The van der Waals surface area contributed by atoms with Crippen LogP contribution in [0.1, 0.15) is 18.1 Å². The minimum atomic E-state index is -0.298. The SMILES string of the molecule is CCSC1OC(c2ccccc2)=CC(=O)N1Cc1ccccc1. The van der Waals surface area contributed by atoms with E-state index in [4.69, 9.17) is 4.74 Å². The third-order valence-electron chi connectivity index (χ3n) is 3.58. The molecule has 3 nitrogen and oxygen atoms in total. The van der Waals surface area contributed by atoms with Gasteiger partial charge in [0.1, 0.15) is 5.76 Å². The van der Waals surface area contributed by atoms with Crippen LogP contribution in [0.4, 0.5) is 0 Å². The number of thioether (sulfide) groups is 1. The second kappa shape index (κ2) is 7.38. The highest BCUT2D eigenvalue weighted by Gasteiger charge is 2.30. The molecule has 118 valence electrons. The van der Waals surface area contributed by atoms with Gasteiger partial charge in [0.05, 0.1) is 6.54 Å². The Kier molecular flexibility index (Phi) is 5.03. The van der Waals surface area contributed by atoms with Gasteiger partial charge in [0.25, 0.3) is 5.91 Å². The summed E-state index contributed by atoms with van der Waals surface area (Å²) in [6.07, 6.45) is 1.59. The third-order valence-corrected chi connectivity index (χ3v) is 4.55. The van der Waals surface area contributed by atoms with E-state index >= 15 is 0 Å². The molecule has 1 aliphatic rings. The molecule has 0 fully saturated rings. The second-order valence-corrected chi connectivity index (χ2v) is 6.52. The van der Waals surface area contributed by atoms with E-state index in [0.717, 1.165) is 16.9 Å². The largest absolute Gasteiger partial charge is 0.460 e. The zero-order valence-corrected chi connectivity index (χ0v) is 13.8. The molecule has 2 aromatic carbocycles. The van der Waals surface area contributed by atoms with Gasteiger partial charge in [-0.15, -0.1) is 0 Å². The molecule has 1 atom stereocenters. The fourth-order valence-corrected chi connectivity index (χ4v) is 3.27. The maximum atomic E-state index is 12.6. The van der Waals surface area contributed by atoms with E-state index in [0.29, 0.717) is 12.3 Å². The van der Waals surface area contributed by atoms with Crippen molar-refractivity contribution in [2.24, 2.45) is 0 Å². The fraction of sp³-hybridized carbons (Fsp3) is 0.211. The van der Waals surface area contributed by atoms with Crippen molar-refractivity contribution in [3.8, 4) is 0 Å². The maximum absolute atomic E-state index is 12.6. The molecule has 0 radical (unpaired) electrons. The van der Waals surface area contributed by atoms with E-state index in [-0.39, 0.29) is 11.5 Å². The van der Waals surface area contributed by atoms with Crippen LogP contribution in [0.3, 0.4) is 0 Å². The number of hydrogen-bond donors (Lipinski definition) is 0. The summed E-state index contributed by atoms with van der Waals surface area (Å²) in [6, 6.07) is 19.8. The van der Waals surface area contributed by atoms with E-state index in [1.807, 2.05) is 60.7 Å². The van der Waals surface area contributed by atoms with Crippen molar-refractivity contribution in [2.45, 2.75) is 19.0 Å². The lowest BCUT2D eigenvalue weighted by Crippen LogP contribution is -2.41. The average molecular weight is 325 g/mol. The summed E-state index contributed by atoms with van der Waals surface area (Å²) in [4.78, 5) is 14.4. The number of amides is 1. The fourth-order valence-electron chi connectivity index (χ4n) is 2.46. The molecule has 0 aromatic heterocycles. The third kappa shape index (κ3) is 3.77. The van der Waals surface area contributed by atoms with E-state index in [2.05, 4.69) is 6.92 Å². The van der Waals surface area contributed by atoms with Crippen LogP contribution in [0.2, 0.25) is 0 Å². The summed E-state index contributed by atoms with van der Waals surface area (Å²) in [6.45, 7) is 2.62. The second-order valence-electron chi connectivity index (χ2n) is 5.21. The Morgan fingerprint density at radius 3 is 2.35 bits per heavy atom. The predicted octanol–water partition coefficient (Wildman–Crippen LogP) is 4.12. The molecule has 0 N–H and O–H groups in total. The first kappa shape index (κ1) is 15.7. The van der Waals surface area contributed by atoms with Gasteiger partial charge >= 0.3 is 0 Å². The number of hydrogen-bond acceptors (Lipinski definition) is 3. The molecule has 23 heavy (non-hydrogen) atoms. The van der Waals surface area contributed by atoms with Crippen LogP contribution in [0.25, 0.3) is 5.76 Å². The lowest BCUT2D eigenvalue weighted by atomic mass is 10.1. The summed E-state index contributed by atoms with van der Waals surface area (Å²) >= 11 is 1.62.